The van der Waals surface area contributed by atoms with E-state index in [4.69, 9.17) is 16.3 Å². The first kappa shape index (κ1) is 23.2. The highest BCUT2D eigenvalue weighted by molar-refractivity contribution is 6.51. The van der Waals surface area contributed by atoms with E-state index >= 15 is 0 Å². The van der Waals surface area contributed by atoms with Crippen LogP contribution in [0, 0.1) is 0 Å². The topological polar surface area (TPSA) is 96.8 Å². The fraction of sp³-hybridized carbons (Fsp3) is 0.154. The Hall–Kier alpha value is -3.97. The number of amides is 1. The molecule has 7 nitrogen and oxygen atoms in total. The van der Waals surface area contributed by atoms with E-state index in [0.717, 1.165) is 0 Å². The van der Waals surface area contributed by atoms with Gasteiger partial charge in [-0.05, 0) is 55.8 Å². The second-order valence-corrected chi connectivity index (χ2v) is 8.41. The lowest BCUT2D eigenvalue weighted by molar-refractivity contribution is -0.132. The first-order chi connectivity index (χ1) is 16.3. The first-order valence-corrected chi connectivity index (χ1v) is 10.9. The molecule has 1 aromatic heterocycles. The van der Waals surface area contributed by atoms with Crippen molar-refractivity contribution in [3.8, 4) is 0 Å². The summed E-state index contributed by atoms with van der Waals surface area (Å²) in [5, 5.41) is 11.5. The van der Waals surface area contributed by atoms with Gasteiger partial charge in [0.1, 0.15) is 5.76 Å². The first-order valence-electron chi connectivity index (χ1n) is 10.6. The van der Waals surface area contributed by atoms with E-state index in [-0.39, 0.29) is 23.0 Å². The van der Waals surface area contributed by atoms with Gasteiger partial charge in [0.05, 0.1) is 23.3 Å². The molecule has 1 amide bonds. The van der Waals surface area contributed by atoms with E-state index in [9.17, 15) is 19.5 Å². The number of benzene rings is 2. The van der Waals surface area contributed by atoms with Crippen molar-refractivity contribution >= 4 is 40.7 Å². The highest BCUT2D eigenvalue weighted by Gasteiger charge is 2.47. The summed E-state index contributed by atoms with van der Waals surface area (Å²) in [6, 6.07) is 15.0. The van der Waals surface area contributed by atoms with Crippen LogP contribution in [0.5, 0.6) is 0 Å². The molecule has 1 unspecified atom stereocenters. The number of hydrogen-bond donors (Lipinski definition) is 1. The molecule has 4 rings (SSSR count). The maximum atomic E-state index is 13.2. The maximum Gasteiger partial charge on any atom is 0.338 e. The molecule has 2 aromatic carbocycles. The van der Waals surface area contributed by atoms with Gasteiger partial charge in [0.15, 0.2) is 0 Å². The Bertz CT molecular complexity index is 1300. The summed E-state index contributed by atoms with van der Waals surface area (Å²) < 4.78 is 5.26. The van der Waals surface area contributed by atoms with Crippen LogP contribution in [-0.2, 0) is 14.3 Å². The van der Waals surface area contributed by atoms with Crippen molar-refractivity contribution in [1.82, 2.24) is 4.98 Å². The normalized spacial score (nSPS) is 17.3. The van der Waals surface area contributed by atoms with Crippen LogP contribution in [0.3, 0.4) is 0 Å². The van der Waals surface area contributed by atoms with Crippen molar-refractivity contribution in [1.29, 1.82) is 0 Å². The zero-order valence-electron chi connectivity index (χ0n) is 18.4. The molecule has 0 saturated carbocycles. The van der Waals surface area contributed by atoms with Gasteiger partial charge in [-0.25, -0.2) is 4.79 Å². The van der Waals surface area contributed by atoms with Gasteiger partial charge in [-0.3, -0.25) is 19.5 Å². The third-order valence-electron chi connectivity index (χ3n) is 5.25. The molecule has 1 atom stereocenters. The van der Waals surface area contributed by atoms with Gasteiger partial charge in [0.2, 0.25) is 0 Å². The molecule has 0 bridgehead atoms. The summed E-state index contributed by atoms with van der Waals surface area (Å²) in [5.74, 6) is -2.61. The van der Waals surface area contributed by atoms with Crippen molar-refractivity contribution in [2.24, 2.45) is 0 Å². The van der Waals surface area contributed by atoms with Gasteiger partial charge >= 0.3 is 5.97 Å². The number of nitrogens with zero attached hydrogens (tertiary/aromatic N) is 2. The number of aliphatic hydroxyl groups is 1. The molecule has 8 heteroatoms. The Morgan fingerprint density at radius 2 is 1.79 bits per heavy atom. The summed E-state index contributed by atoms with van der Waals surface area (Å²) in [6.07, 6.45) is 2.76. The van der Waals surface area contributed by atoms with E-state index in [2.05, 4.69) is 4.98 Å². The second kappa shape index (κ2) is 9.49. The number of carbonyl (C=O) groups is 3. The Morgan fingerprint density at radius 1 is 1.06 bits per heavy atom. The third kappa shape index (κ3) is 4.43. The number of halogens is 1. The number of carbonyl (C=O) groups excluding carboxylic acids is 3. The number of rotatable bonds is 5. The van der Waals surface area contributed by atoms with Gasteiger partial charge in [-0.1, -0.05) is 35.9 Å². The van der Waals surface area contributed by atoms with E-state index in [1.807, 2.05) is 0 Å². The van der Waals surface area contributed by atoms with Gasteiger partial charge in [-0.15, -0.1) is 0 Å². The zero-order chi connectivity index (χ0) is 24.4. The molecule has 1 aliphatic heterocycles. The van der Waals surface area contributed by atoms with Gasteiger partial charge < -0.3 is 9.84 Å². The Kier molecular flexibility index (Phi) is 6.47. The number of ether oxygens (including phenoxy) is 1. The van der Waals surface area contributed by atoms with Crippen LogP contribution in [0.4, 0.5) is 5.69 Å². The van der Waals surface area contributed by atoms with Crippen molar-refractivity contribution in [3.63, 3.8) is 0 Å². The lowest BCUT2D eigenvalue weighted by Crippen LogP contribution is -2.29. The molecular weight excluding hydrogens is 456 g/mol. The number of aliphatic hydroxyl groups excluding tert-OH is 1. The maximum absolute atomic E-state index is 13.2. The number of esters is 1. The van der Waals surface area contributed by atoms with Crippen LogP contribution >= 0.6 is 11.6 Å². The number of aromatic nitrogens is 1. The molecule has 172 valence electrons. The molecule has 0 aliphatic carbocycles. The average Bonchev–Trinajstić information content (AvgIpc) is 3.09. The standard InChI is InChI=1S/C26H21ClN2O5/c1-15(2)34-26(33)17-7-4-10-20(13-17)29-22(18-8-5-11-28-14-18)21(24(31)25(29)32)23(30)16-6-3-9-19(27)12-16/h3-15,22,30H,1-2H3/b23-21+. The molecule has 1 saturated heterocycles. The van der Waals surface area contributed by atoms with Crippen molar-refractivity contribution in [2.75, 3.05) is 4.90 Å². The minimum atomic E-state index is -0.968. The Morgan fingerprint density at radius 3 is 2.47 bits per heavy atom. The van der Waals surface area contributed by atoms with E-state index in [1.54, 1.807) is 68.6 Å². The molecule has 1 aliphatic rings. The highest BCUT2D eigenvalue weighted by Crippen LogP contribution is 2.42. The number of anilines is 1. The van der Waals surface area contributed by atoms with Gasteiger partial charge in [0.25, 0.3) is 11.7 Å². The predicted octanol–water partition coefficient (Wildman–Crippen LogP) is 4.93. The van der Waals surface area contributed by atoms with Crippen LogP contribution in [0.15, 0.2) is 78.6 Å². The van der Waals surface area contributed by atoms with Crippen molar-refractivity contribution in [3.05, 3.63) is 100 Å². The summed E-state index contributed by atoms with van der Waals surface area (Å²) in [4.78, 5) is 44.2. The summed E-state index contributed by atoms with van der Waals surface area (Å²) in [5.41, 5.74) is 1.25. The zero-order valence-corrected chi connectivity index (χ0v) is 19.2. The summed E-state index contributed by atoms with van der Waals surface area (Å²) >= 11 is 6.07. The minimum Gasteiger partial charge on any atom is -0.507 e. The number of Topliss-reactive ketones (excluding diaryl/α,β-unsaturated/α-hetero) is 1. The lowest BCUT2D eigenvalue weighted by atomic mass is 9.96. The molecule has 0 spiro atoms. The van der Waals surface area contributed by atoms with Gasteiger partial charge in [0, 0.05) is 28.7 Å². The predicted molar refractivity (Wildman–Crippen MR) is 127 cm³/mol. The minimum absolute atomic E-state index is 0.101. The number of pyridine rings is 1. The van der Waals surface area contributed by atoms with Gasteiger partial charge in [-0.2, -0.15) is 0 Å². The van der Waals surface area contributed by atoms with E-state index in [1.165, 1.54) is 23.2 Å². The molecule has 1 N–H and O–H groups in total. The largest absolute Gasteiger partial charge is 0.507 e. The average molecular weight is 477 g/mol. The fourth-order valence-corrected chi connectivity index (χ4v) is 4.00. The molecule has 0 radical (unpaired) electrons. The highest BCUT2D eigenvalue weighted by atomic mass is 35.5. The quantitative estimate of drug-likeness (QED) is 0.243. The fourth-order valence-electron chi connectivity index (χ4n) is 3.81. The van der Waals surface area contributed by atoms with Crippen LogP contribution < -0.4 is 4.90 Å². The Labute approximate surface area is 201 Å². The third-order valence-corrected chi connectivity index (χ3v) is 5.48. The number of ketones is 1. The SMILES string of the molecule is CC(C)OC(=O)c1cccc(N2C(=O)C(=O)/C(=C(/O)c3cccc(Cl)c3)C2c2cccnc2)c1. The van der Waals surface area contributed by atoms with Crippen molar-refractivity contribution in [2.45, 2.75) is 26.0 Å². The van der Waals surface area contributed by atoms with Crippen LogP contribution in [-0.4, -0.2) is 33.9 Å². The molecule has 3 aromatic rings. The Balaban J connectivity index is 1.88. The van der Waals surface area contributed by atoms with Crippen LogP contribution in [0.2, 0.25) is 5.02 Å². The lowest BCUT2D eigenvalue weighted by Gasteiger charge is -2.25. The van der Waals surface area contributed by atoms with E-state index < -0.39 is 23.7 Å². The summed E-state index contributed by atoms with van der Waals surface area (Å²) in [6.45, 7) is 3.47. The smallest absolute Gasteiger partial charge is 0.338 e. The van der Waals surface area contributed by atoms with E-state index in [0.29, 0.717) is 21.8 Å². The van der Waals surface area contributed by atoms with Crippen LogP contribution in [0.25, 0.3) is 5.76 Å². The molecular formula is C26H21ClN2O5. The second-order valence-electron chi connectivity index (χ2n) is 7.97. The molecule has 2 heterocycles. The summed E-state index contributed by atoms with van der Waals surface area (Å²) in [7, 11) is 0. The van der Waals surface area contributed by atoms with Crippen molar-refractivity contribution < 1.29 is 24.2 Å². The number of hydrogen-bond acceptors (Lipinski definition) is 6. The van der Waals surface area contributed by atoms with Crippen LogP contribution in [0.1, 0.15) is 41.4 Å². The monoisotopic (exact) mass is 476 g/mol. The molecule has 34 heavy (non-hydrogen) atoms. The molecule has 1 fully saturated rings.